The van der Waals surface area contributed by atoms with Gasteiger partial charge in [-0.15, -0.1) is 0 Å². The van der Waals surface area contributed by atoms with Crippen molar-refractivity contribution in [3.05, 3.63) is 12.2 Å². The molecule has 2 aliphatic rings. The van der Waals surface area contributed by atoms with E-state index in [1.165, 1.54) is 32.1 Å². The Kier molecular flexibility index (Phi) is 3.60. The maximum atomic E-state index is 11.8. The molecule has 0 saturated heterocycles. The van der Waals surface area contributed by atoms with Gasteiger partial charge < -0.3 is 4.74 Å². The second-order valence-corrected chi connectivity index (χ2v) is 5.86. The molecular weight excluding hydrogens is 212 g/mol. The molecule has 3 atom stereocenters. The molecule has 2 fully saturated rings. The number of carbonyl (C=O) groups is 1. The Morgan fingerprint density at radius 3 is 2.82 bits per heavy atom. The predicted molar refractivity (Wildman–Crippen MR) is 68.6 cm³/mol. The number of rotatable bonds is 3. The zero-order chi connectivity index (χ0) is 12.5. The maximum Gasteiger partial charge on any atom is 0.333 e. The van der Waals surface area contributed by atoms with Crippen LogP contribution in [0.4, 0.5) is 0 Å². The molecule has 0 spiro atoms. The van der Waals surface area contributed by atoms with E-state index in [9.17, 15) is 4.79 Å². The number of esters is 1. The molecule has 2 rings (SSSR count). The maximum absolute atomic E-state index is 11.8. The molecule has 0 radical (unpaired) electrons. The van der Waals surface area contributed by atoms with Crippen molar-refractivity contribution in [1.82, 2.24) is 0 Å². The molecule has 17 heavy (non-hydrogen) atoms. The predicted octanol–water partition coefficient (Wildman–Crippen LogP) is 3.85. The Bertz CT molecular complexity index is 321. The molecule has 3 unspecified atom stereocenters. The molecule has 2 bridgehead atoms. The molecule has 2 heteroatoms. The number of carbonyl (C=O) groups excluding carboxylic acids is 1. The SMILES string of the molecule is C=C(C)C(=O)OC1(CC)CCC2CCCC1C2. The van der Waals surface area contributed by atoms with Crippen LogP contribution in [0.25, 0.3) is 0 Å². The van der Waals surface area contributed by atoms with Crippen LogP contribution in [0.3, 0.4) is 0 Å². The third-order valence-corrected chi connectivity index (χ3v) is 4.75. The Morgan fingerprint density at radius 2 is 2.18 bits per heavy atom. The van der Waals surface area contributed by atoms with Crippen molar-refractivity contribution >= 4 is 5.97 Å². The number of hydrogen-bond acceptors (Lipinski definition) is 2. The summed E-state index contributed by atoms with van der Waals surface area (Å²) in [5.41, 5.74) is 0.336. The Morgan fingerprint density at radius 1 is 1.41 bits per heavy atom. The van der Waals surface area contributed by atoms with Gasteiger partial charge in [0.25, 0.3) is 0 Å². The third kappa shape index (κ3) is 2.41. The fourth-order valence-corrected chi connectivity index (χ4v) is 3.63. The van der Waals surface area contributed by atoms with E-state index in [0.29, 0.717) is 11.5 Å². The topological polar surface area (TPSA) is 26.3 Å². The summed E-state index contributed by atoms with van der Waals surface area (Å²) in [5, 5.41) is 0. The highest BCUT2D eigenvalue weighted by Crippen LogP contribution is 2.48. The molecule has 0 amide bonds. The van der Waals surface area contributed by atoms with Crippen molar-refractivity contribution in [2.75, 3.05) is 0 Å². The van der Waals surface area contributed by atoms with Crippen molar-refractivity contribution in [3.63, 3.8) is 0 Å². The highest BCUT2D eigenvalue weighted by Gasteiger charge is 2.46. The molecular formula is C15H24O2. The molecule has 2 saturated carbocycles. The van der Waals surface area contributed by atoms with E-state index < -0.39 is 0 Å². The zero-order valence-corrected chi connectivity index (χ0v) is 11.1. The molecule has 96 valence electrons. The van der Waals surface area contributed by atoms with Crippen LogP contribution >= 0.6 is 0 Å². The molecule has 2 nitrogen and oxygen atoms in total. The number of fused-ring (bicyclic) bond motifs is 2. The van der Waals surface area contributed by atoms with Gasteiger partial charge in [0, 0.05) is 5.57 Å². The summed E-state index contributed by atoms with van der Waals surface area (Å²) in [5.74, 6) is 1.27. The lowest BCUT2D eigenvalue weighted by atomic mass is 9.63. The van der Waals surface area contributed by atoms with Gasteiger partial charge in [-0.3, -0.25) is 0 Å². The van der Waals surface area contributed by atoms with Crippen molar-refractivity contribution in [2.45, 2.75) is 64.4 Å². The first-order chi connectivity index (χ1) is 8.07. The monoisotopic (exact) mass is 236 g/mol. The largest absolute Gasteiger partial charge is 0.455 e. The van der Waals surface area contributed by atoms with Crippen LogP contribution in [0.1, 0.15) is 58.8 Å². The molecule has 0 aromatic rings. The minimum absolute atomic E-state index is 0.188. The summed E-state index contributed by atoms with van der Waals surface area (Å²) in [6, 6.07) is 0. The first-order valence-corrected chi connectivity index (χ1v) is 6.96. The Balaban J connectivity index is 2.12. The molecule has 0 N–H and O–H groups in total. The van der Waals surface area contributed by atoms with Gasteiger partial charge in [-0.05, 0) is 50.9 Å². The standard InChI is InChI=1S/C15H24O2/c1-4-15(17-14(16)11(2)3)9-8-12-6-5-7-13(15)10-12/h12-13H,2,4-10H2,1,3H3. The first-order valence-electron chi connectivity index (χ1n) is 6.96. The zero-order valence-electron chi connectivity index (χ0n) is 11.1. The van der Waals surface area contributed by atoms with Gasteiger partial charge in [0.2, 0.25) is 0 Å². The summed E-state index contributed by atoms with van der Waals surface area (Å²) in [6.45, 7) is 7.58. The van der Waals surface area contributed by atoms with Gasteiger partial charge in [0.1, 0.15) is 5.60 Å². The summed E-state index contributed by atoms with van der Waals surface area (Å²) < 4.78 is 5.84. The van der Waals surface area contributed by atoms with Gasteiger partial charge >= 0.3 is 5.97 Å². The molecule has 0 aromatic heterocycles. The van der Waals surface area contributed by atoms with Crippen molar-refractivity contribution in [2.24, 2.45) is 11.8 Å². The quantitative estimate of drug-likeness (QED) is 0.549. The highest BCUT2D eigenvalue weighted by atomic mass is 16.6. The third-order valence-electron chi connectivity index (χ3n) is 4.75. The fraction of sp³-hybridized carbons (Fsp3) is 0.800. The van der Waals surface area contributed by atoms with E-state index in [0.717, 1.165) is 18.8 Å². The van der Waals surface area contributed by atoms with E-state index >= 15 is 0 Å². The van der Waals surface area contributed by atoms with E-state index in [4.69, 9.17) is 4.74 Å². The van der Waals surface area contributed by atoms with Crippen LogP contribution in [0.2, 0.25) is 0 Å². The van der Waals surface area contributed by atoms with Crippen molar-refractivity contribution < 1.29 is 9.53 Å². The smallest absolute Gasteiger partial charge is 0.333 e. The summed E-state index contributed by atoms with van der Waals surface area (Å²) in [6.07, 6.45) is 8.41. The second-order valence-electron chi connectivity index (χ2n) is 5.86. The highest BCUT2D eigenvalue weighted by molar-refractivity contribution is 5.87. The lowest BCUT2D eigenvalue weighted by Crippen LogP contribution is -2.48. The van der Waals surface area contributed by atoms with Crippen LogP contribution < -0.4 is 0 Å². The summed E-state index contributed by atoms with van der Waals surface area (Å²) in [7, 11) is 0. The Labute approximate surface area is 104 Å². The molecule has 0 aromatic carbocycles. The van der Waals surface area contributed by atoms with Gasteiger partial charge in [0.15, 0.2) is 0 Å². The van der Waals surface area contributed by atoms with Gasteiger partial charge in [-0.25, -0.2) is 4.79 Å². The van der Waals surface area contributed by atoms with E-state index in [1.807, 2.05) is 0 Å². The average Bonchev–Trinajstić information content (AvgIpc) is 2.33. The van der Waals surface area contributed by atoms with Gasteiger partial charge in [-0.1, -0.05) is 26.3 Å². The van der Waals surface area contributed by atoms with Crippen LogP contribution in [-0.4, -0.2) is 11.6 Å². The van der Waals surface area contributed by atoms with Crippen LogP contribution in [-0.2, 0) is 9.53 Å². The van der Waals surface area contributed by atoms with Crippen molar-refractivity contribution in [1.29, 1.82) is 0 Å². The van der Waals surface area contributed by atoms with E-state index in [-0.39, 0.29) is 11.6 Å². The van der Waals surface area contributed by atoms with Crippen LogP contribution in [0.15, 0.2) is 12.2 Å². The van der Waals surface area contributed by atoms with Crippen LogP contribution in [0, 0.1) is 11.8 Å². The molecule has 0 aliphatic heterocycles. The Hall–Kier alpha value is -0.790. The normalized spacial score (nSPS) is 36.4. The van der Waals surface area contributed by atoms with Gasteiger partial charge in [0.05, 0.1) is 0 Å². The first kappa shape index (κ1) is 12.7. The lowest BCUT2D eigenvalue weighted by molar-refractivity contribution is -0.171. The fourth-order valence-electron chi connectivity index (χ4n) is 3.63. The average molecular weight is 236 g/mol. The molecule has 0 heterocycles. The second kappa shape index (κ2) is 4.83. The van der Waals surface area contributed by atoms with E-state index in [1.54, 1.807) is 6.92 Å². The summed E-state index contributed by atoms with van der Waals surface area (Å²) >= 11 is 0. The van der Waals surface area contributed by atoms with Crippen molar-refractivity contribution in [3.8, 4) is 0 Å². The lowest BCUT2D eigenvalue weighted by Gasteiger charge is -2.48. The number of hydrogen-bond donors (Lipinski definition) is 0. The molecule has 2 aliphatic carbocycles. The minimum Gasteiger partial charge on any atom is -0.455 e. The number of ether oxygens (including phenoxy) is 1. The van der Waals surface area contributed by atoms with Gasteiger partial charge in [-0.2, -0.15) is 0 Å². The summed E-state index contributed by atoms with van der Waals surface area (Å²) in [4.78, 5) is 11.8. The van der Waals surface area contributed by atoms with Crippen LogP contribution in [0.5, 0.6) is 0 Å². The van der Waals surface area contributed by atoms with E-state index in [2.05, 4.69) is 13.5 Å². The minimum atomic E-state index is -0.198.